The van der Waals surface area contributed by atoms with Crippen LogP contribution in [0.15, 0.2) is 30.5 Å². The number of aryl methyl sites for hydroxylation is 2. The van der Waals surface area contributed by atoms with Crippen molar-refractivity contribution in [3.8, 4) is 10.6 Å². The van der Waals surface area contributed by atoms with Gasteiger partial charge in [-0.2, -0.15) is 18.3 Å². The lowest BCUT2D eigenvalue weighted by Gasteiger charge is -2.07. The smallest absolute Gasteiger partial charge is 0.357 e. The molecule has 1 aromatic carbocycles. The molecule has 2 heterocycles. The summed E-state index contributed by atoms with van der Waals surface area (Å²) in [5.41, 5.74) is 0.708. The minimum atomic E-state index is -4.50. The molecule has 0 fully saturated rings. The summed E-state index contributed by atoms with van der Waals surface area (Å²) >= 11 is 1.18. The van der Waals surface area contributed by atoms with Crippen molar-refractivity contribution in [1.29, 1.82) is 0 Å². The predicted molar refractivity (Wildman–Crippen MR) is 87.8 cm³/mol. The number of nitrogens with one attached hydrogen (secondary N) is 1. The molecular weight excluding hydrogens is 356 g/mol. The molecule has 0 unspecified atom stereocenters. The first kappa shape index (κ1) is 17.4. The lowest BCUT2D eigenvalue weighted by molar-refractivity contribution is -0.141. The molecule has 3 aromatic rings. The Labute approximate surface area is 145 Å². The molecule has 0 amide bonds. The first-order valence-corrected chi connectivity index (χ1v) is 8.12. The van der Waals surface area contributed by atoms with Gasteiger partial charge in [0.05, 0.1) is 10.6 Å². The summed E-state index contributed by atoms with van der Waals surface area (Å²) in [4.78, 5) is 4.68. The van der Waals surface area contributed by atoms with E-state index in [0.717, 1.165) is 11.6 Å². The lowest BCUT2D eigenvalue weighted by atomic mass is 10.1. The van der Waals surface area contributed by atoms with Gasteiger partial charge < -0.3 is 5.32 Å². The van der Waals surface area contributed by atoms with Gasteiger partial charge in [-0.1, -0.05) is 23.5 Å². The molecule has 4 nitrogen and oxygen atoms in total. The highest BCUT2D eigenvalue weighted by Crippen LogP contribution is 2.34. The highest BCUT2D eigenvalue weighted by Gasteiger charge is 2.34. The Morgan fingerprint density at radius 2 is 2.04 bits per heavy atom. The number of benzene rings is 1. The number of nitrogens with zero attached hydrogens (tertiary/aromatic N) is 3. The molecule has 0 spiro atoms. The van der Waals surface area contributed by atoms with Crippen LogP contribution in [-0.2, 0) is 19.8 Å². The third-order valence-electron chi connectivity index (χ3n) is 3.70. The normalized spacial score (nSPS) is 11.8. The van der Waals surface area contributed by atoms with Gasteiger partial charge in [-0.3, -0.25) is 4.68 Å². The second kappa shape index (κ2) is 6.47. The van der Waals surface area contributed by atoms with E-state index in [1.54, 1.807) is 6.07 Å². The molecule has 0 atom stereocenters. The summed E-state index contributed by atoms with van der Waals surface area (Å²) in [6, 6.07) is 5.81. The van der Waals surface area contributed by atoms with Crippen LogP contribution in [0.1, 0.15) is 16.8 Å². The largest absolute Gasteiger partial charge is 0.435 e. The number of thiazole rings is 1. The van der Waals surface area contributed by atoms with Crippen LogP contribution in [0.25, 0.3) is 10.6 Å². The van der Waals surface area contributed by atoms with Crippen molar-refractivity contribution < 1.29 is 17.6 Å². The second-order valence-electron chi connectivity index (χ2n) is 5.45. The number of halogens is 4. The fourth-order valence-corrected chi connectivity index (χ4v) is 3.22. The summed E-state index contributed by atoms with van der Waals surface area (Å²) in [6.45, 7) is 2.05. The maximum absolute atomic E-state index is 13.8. The van der Waals surface area contributed by atoms with Gasteiger partial charge in [-0.05, 0) is 24.6 Å². The van der Waals surface area contributed by atoms with Crippen LogP contribution < -0.4 is 5.32 Å². The first-order valence-electron chi connectivity index (χ1n) is 7.31. The SMILES string of the molecule is Cc1cccc(F)c1CNc1ncc(-c2cc(C(F)(F)F)nn2C)s1. The van der Waals surface area contributed by atoms with E-state index >= 15 is 0 Å². The fourth-order valence-electron chi connectivity index (χ4n) is 2.36. The van der Waals surface area contributed by atoms with Crippen molar-refractivity contribution in [3.63, 3.8) is 0 Å². The summed E-state index contributed by atoms with van der Waals surface area (Å²) in [5.74, 6) is -0.314. The van der Waals surface area contributed by atoms with Crippen LogP contribution in [0.2, 0.25) is 0 Å². The molecule has 0 aliphatic rings. The topological polar surface area (TPSA) is 42.7 Å². The monoisotopic (exact) mass is 370 g/mol. The number of hydrogen-bond donors (Lipinski definition) is 1. The van der Waals surface area contributed by atoms with Gasteiger partial charge in [0.2, 0.25) is 0 Å². The Balaban J connectivity index is 1.78. The van der Waals surface area contributed by atoms with E-state index in [2.05, 4.69) is 15.4 Å². The Morgan fingerprint density at radius 3 is 2.68 bits per heavy atom. The van der Waals surface area contributed by atoms with Crippen molar-refractivity contribution in [1.82, 2.24) is 14.8 Å². The van der Waals surface area contributed by atoms with Crippen molar-refractivity contribution in [2.45, 2.75) is 19.6 Å². The molecule has 2 aromatic heterocycles. The van der Waals surface area contributed by atoms with Gasteiger partial charge >= 0.3 is 6.18 Å². The maximum atomic E-state index is 13.8. The first-order chi connectivity index (χ1) is 11.8. The maximum Gasteiger partial charge on any atom is 0.435 e. The van der Waals surface area contributed by atoms with Crippen molar-refractivity contribution in [3.05, 3.63) is 53.1 Å². The van der Waals surface area contributed by atoms with E-state index < -0.39 is 11.9 Å². The average molecular weight is 370 g/mol. The fraction of sp³-hybridized carbons (Fsp3) is 0.250. The molecule has 0 aliphatic heterocycles. The highest BCUT2D eigenvalue weighted by atomic mass is 32.1. The van der Waals surface area contributed by atoms with E-state index in [0.29, 0.717) is 21.3 Å². The molecule has 3 rings (SSSR count). The van der Waals surface area contributed by atoms with E-state index in [-0.39, 0.29) is 12.4 Å². The number of alkyl halides is 3. The summed E-state index contributed by atoms with van der Waals surface area (Å²) in [7, 11) is 1.44. The molecule has 0 aliphatic carbocycles. The Hall–Kier alpha value is -2.42. The van der Waals surface area contributed by atoms with Gasteiger partial charge in [0, 0.05) is 25.4 Å². The van der Waals surface area contributed by atoms with Crippen LogP contribution in [0.4, 0.5) is 22.7 Å². The number of anilines is 1. The van der Waals surface area contributed by atoms with Crippen molar-refractivity contribution in [2.75, 3.05) is 5.32 Å². The van der Waals surface area contributed by atoms with Crippen LogP contribution >= 0.6 is 11.3 Å². The minimum Gasteiger partial charge on any atom is -0.357 e. The zero-order valence-electron chi connectivity index (χ0n) is 13.4. The molecule has 9 heteroatoms. The molecule has 1 N–H and O–H groups in total. The standard InChI is InChI=1S/C16H14F4N4S/c1-9-4-3-5-11(17)10(9)7-21-15-22-8-13(25-15)12-6-14(16(18,19)20)23-24(12)2/h3-6,8H,7H2,1-2H3,(H,21,22). The minimum absolute atomic E-state index is 0.241. The Bertz CT molecular complexity index is 878. The van der Waals surface area contributed by atoms with Crippen LogP contribution in [0.5, 0.6) is 0 Å². The van der Waals surface area contributed by atoms with Gasteiger partial charge in [-0.15, -0.1) is 0 Å². The van der Waals surface area contributed by atoms with Gasteiger partial charge in [0.15, 0.2) is 10.8 Å². The summed E-state index contributed by atoms with van der Waals surface area (Å²) in [6.07, 6.45) is -3.03. The third kappa shape index (κ3) is 3.65. The number of hydrogen-bond acceptors (Lipinski definition) is 4. The predicted octanol–water partition coefficient (Wildman–Crippen LogP) is 4.62. The molecule has 0 radical (unpaired) electrons. The number of rotatable bonds is 4. The summed E-state index contributed by atoms with van der Waals surface area (Å²) < 4.78 is 53.2. The zero-order valence-corrected chi connectivity index (χ0v) is 14.2. The molecule has 0 bridgehead atoms. The van der Waals surface area contributed by atoms with E-state index in [1.807, 2.05) is 13.0 Å². The van der Waals surface area contributed by atoms with Crippen LogP contribution in [0, 0.1) is 12.7 Å². The molecule has 25 heavy (non-hydrogen) atoms. The number of aromatic nitrogens is 3. The van der Waals surface area contributed by atoms with Crippen LogP contribution in [-0.4, -0.2) is 14.8 Å². The lowest BCUT2D eigenvalue weighted by Crippen LogP contribution is -2.06. The van der Waals surface area contributed by atoms with E-state index in [4.69, 9.17) is 0 Å². The molecular formula is C16H14F4N4S. The van der Waals surface area contributed by atoms with Gasteiger partial charge in [0.25, 0.3) is 0 Å². The molecule has 0 saturated heterocycles. The van der Waals surface area contributed by atoms with E-state index in [9.17, 15) is 17.6 Å². The second-order valence-corrected chi connectivity index (χ2v) is 6.49. The van der Waals surface area contributed by atoms with E-state index in [1.165, 1.54) is 35.3 Å². The average Bonchev–Trinajstić information content (AvgIpc) is 3.12. The third-order valence-corrected chi connectivity index (χ3v) is 4.68. The molecule has 132 valence electrons. The Morgan fingerprint density at radius 1 is 1.28 bits per heavy atom. The highest BCUT2D eigenvalue weighted by molar-refractivity contribution is 7.18. The zero-order chi connectivity index (χ0) is 18.2. The van der Waals surface area contributed by atoms with Crippen molar-refractivity contribution in [2.24, 2.45) is 7.05 Å². The summed E-state index contributed by atoms with van der Waals surface area (Å²) in [5, 5.41) is 6.98. The molecule has 0 saturated carbocycles. The quantitative estimate of drug-likeness (QED) is 0.682. The van der Waals surface area contributed by atoms with Crippen molar-refractivity contribution >= 4 is 16.5 Å². The van der Waals surface area contributed by atoms with Gasteiger partial charge in [-0.25, -0.2) is 9.37 Å². The van der Waals surface area contributed by atoms with Gasteiger partial charge in [0.1, 0.15) is 5.82 Å². The van der Waals surface area contributed by atoms with Crippen LogP contribution in [0.3, 0.4) is 0 Å². The Kier molecular flexibility index (Phi) is 4.51.